The van der Waals surface area contributed by atoms with Gasteiger partial charge in [-0.3, -0.25) is 9.59 Å². The van der Waals surface area contributed by atoms with Crippen LogP contribution in [0.5, 0.6) is 0 Å². The predicted octanol–water partition coefficient (Wildman–Crippen LogP) is 5.30. The Labute approximate surface area is 229 Å². The summed E-state index contributed by atoms with van der Waals surface area (Å²) in [7, 11) is 1.45. The van der Waals surface area contributed by atoms with Gasteiger partial charge in [-0.1, -0.05) is 32.4 Å². The molecule has 0 saturated carbocycles. The van der Waals surface area contributed by atoms with Gasteiger partial charge in [-0.25, -0.2) is 4.98 Å². The molecule has 1 aromatic heterocycles. The fraction of sp³-hybridized carbons (Fsp3) is 0.433. The summed E-state index contributed by atoms with van der Waals surface area (Å²) in [5, 5.41) is 3.95. The Morgan fingerprint density at radius 2 is 1.68 bits per heavy atom. The molecule has 7 nitrogen and oxygen atoms in total. The summed E-state index contributed by atoms with van der Waals surface area (Å²) in [5.74, 6) is 0.204. The number of amides is 1. The van der Waals surface area contributed by atoms with Crippen molar-refractivity contribution in [3.05, 3.63) is 89.8 Å². The van der Waals surface area contributed by atoms with E-state index >= 15 is 0 Å². The van der Waals surface area contributed by atoms with Crippen LogP contribution < -0.4 is 15.7 Å². The van der Waals surface area contributed by atoms with E-state index in [1.807, 2.05) is 13.8 Å². The molecular formula is C30H37ClN4O3. The number of anilines is 1. The van der Waals surface area contributed by atoms with Crippen LogP contribution >= 0.6 is 11.6 Å². The maximum Gasteiger partial charge on any atom is 0.293 e. The third-order valence-electron chi connectivity index (χ3n) is 7.99. The number of hydrogen-bond acceptors (Lipinski definition) is 5. The maximum absolute atomic E-state index is 13.6. The minimum atomic E-state index is -0.542. The van der Waals surface area contributed by atoms with Crippen LogP contribution in [0.4, 0.5) is 5.95 Å². The van der Waals surface area contributed by atoms with Gasteiger partial charge in [0, 0.05) is 29.1 Å². The van der Waals surface area contributed by atoms with Crippen molar-refractivity contribution in [1.82, 2.24) is 14.6 Å². The van der Waals surface area contributed by atoms with Crippen molar-refractivity contribution in [1.29, 1.82) is 0 Å². The highest BCUT2D eigenvalue weighted by atomic mass is 35.5. The molecule has 0 spiro atoms. The van der Waals surface area contributed by atoms with Gasteiger partial charge in [-0.15, -0.1) is 4.73 Å². The molecule has 202 valence electrons. The minimum Gasteiger partial charge on any atom is -0.411 e. The quantitative estimate of drug-likeness (QED) is 0.463. The van der Waals surface area contributed by atoms with E-state index in [0.717, 1.165) is 6.42 Å². The zero-order valence-electron chi connectivity index (χ0n) is 23.6. The van der Waals surface area contributed by atoms with E-state index in [4.69, 9.17) is 21.4 Å². The number of rotatable bonds is 6. The number of carbonyl (C=O) groups is 1. The molecule has 2 heterocycles. The number of hydrogen-bond donors (Lipinski definition) is 1. The van der Waals surface area contributed by atoms with E-state index < -0.39 is 5.41 Å². The number of carbonyl (C=O) groups excluding carboxylic acids is 1. The molecule has 3 aromatic rings. The van der Waals surface area contributed by atoms with Gasteiger partial charge < -0.3 is 15.1 Å². The van der Waals surface area contributed by atoms with Crippen LogP contribution in [0.15, 0.2) is 29.1 Å². The van der Waals surface area contributed by atoms with Gasteiger partial charge in [0.05, 0.1) is 17.8 Å². The van der Waals surface area contributed by atoms with Crippen molar-refractivity contribution >= 4 is 23.5 Å². The minimum absolute atomic E-state index is 0.154. The third kappa shape index (κ3) is 4.80. The van der Waals surface area contributed by atoms with Crippen LogP contribution in [0.2, 0.25) is 5.02 Å². The Balaban J connectivity index is 1.71. The van der Waals surface area contributed by atoms with Crippen molar-refractivity contribution in [2.45, 2.75) is 73.4 Å². The molecular weight excluding hydrogens is 500 g/mol. The molecule has 0 fully saturated rings. The highest BCUT2D eigenvalue weighted by Gasteiger charge is 2.38. The van der Waals surface area contributed by atoms with E-state index in [0.29, 0.717) is 40.9 Å². The maximum atomic E-state index is 13.6. The van der Waals surface area contributed by atoms with E-state index in [1.165, 1.54) is 45.2 Å². The van der Waals surface area contributed by atoms with Crippen LogP contribution in [0.1, 0.15) is 75.8 Å². The second-order valence-corrected chi connectivity index (χ2v) is 11.2. The summed E-state index contributed by atoms with van der Waals surface area (Å²) in [6, 6.07) is 6.79. The molecule has 0 aliphatic carbocycles. The molecule has 0 bridgehead atoms. The van der Waals surface area contributed by atoms with Crippen molar-refractivity contribution in [2.75, 3.05) is 19.0 Å². The molecule has 38 heavy (non-hydrogen) atoms. The van der Waals surface area contributed by atoms with Gasteiger partial charge in [-0.05, 0) is 91.8 Å². The number of fused-ring (bicyclic) bond motifs is 1. The van der Waals surface area contributed by atoms with E-state index in [9.17, 15) is 9.59 Å². The summed E-state index contributed by atoms with van der Waals surface area (Å²) < 4.78 is 1.19. The second kappa shape index (κ2) is 10.4. The molecule has 0 radical (unpaired) electrons. The van der Waals surface area contributed by atoms with Crippen LogP contribution in [-0.4, -0.2) is 34.2 Å². The first kappa shape index (κ1) is 27.7. The summed E-state index contributed by atoms with van der Waals surface area (Å²) in [5.41, 5.74) is 8.51. The second-order valence-electron chi connectivity index (χ2n) is 10.8. The number of halogens is 1. The first-order chi connectivity index (χ1) is 17.9. The monoisotopic (exact) mass is 536 g/mol. The Morgan fingerprint density at radius 3 is 2.29 bits per heavy atom. The van der Waals surface area contributed by atoms with Crippen LogP contribution in [-0.2, 0) is 24.9 Å². The van der Waals surface area contributed by atoms with Gasteiger partial charge in [0.15, 0.2) is 0 Å². The molecule has 0 saturated heterocycles. The first-order valence-corrected chi connectivity index (χ1v) is 13.4. The average molecular weight is 537 g/mol. The Morgan fingerprint density at radius 1 is 1.05 bits per heavy atom. The van der Waals surface area contributed by atoms with Crippen LogP contribution in [0, 0.1) is 27.7 Å². The van der Waals surface area contributed by atoms with Gasteiger partial charge in [0.1, 0.15) is 7.11 Å². The number of nitrogens with one attached hydrogen (secondary N) is 1. The third-order valence-corrected chi connectivity index (χ3v) is 8.24. The topological polar surface area (TPSA) is 76.5 Å². The van der Waals surface area contributed by atoms with E-state index in [2.05, 4.69) is 39.9 Å². The summed E-state index contributed by atoms with van der Waals surface area (Å²) in [4.78, 5) is 39.0. The molecule has 0 unspecified atom stereocenters. The lowest BCUT2D eigenvalue weighted by molar-refractivity contribution is 0.0675. The summed E-state index contributed by atoms with van der Waals surface area (Å²) in [6.07, 6.45) is 0.963. The molecule has 1 N–H and O–H groups in total. The highest BCUT2D eigenvalue weighted by Crippen LogP contribution is 2.33. The van der Waals surface area contributed by atoms with Crippen LogP contribution in [0.3, 0.4) is 0 Å². The summed E-state index contributed by atoms with van der Waals surface area (Å²) >= 11 is 6.00. The van der Waals surface area contributed by atoms with Gasteiger partial charge in [0.25, 0.3) is 11.5 Å². The smallest absolute Gasteiger partial charge is 0.293 e. The van der Waals surface area contributed by atoms with Crippen molar-refractivity contribution in [3.63, 3.8) is 0 Å². The zero-order chi connectivity index (χ0) is 27.9. The Hall–Kier alpha value is -3.32. The number of nitrogens with zero attached hydrogens (tertiary/aromatic N) is 3. The predicted molar refractivity (Wildman–Crippen MR) is 152 cm³/mol. The lowest BCUT2D eigenvalue weighted by Crippen LogP contribution is -2.49. The number of benzene rings is 2. The Bertz CT molecular complexity index is 1460. The van der Waals surface area contributed by atoms with Crippen molar-refractivity contribution in [2.24, 2.45) is 0 Å². The molecule has 8 heteroatoms. The molecule has 0 atom stereocenters. The molecule has 1 aliphatic heterocycles. The molecule has 1 aliphatic rings. The molecule has 4 rings (SSSR count). The lowest BCUT2D eigenvalue weighted by Gasteiger charge is -2.39. The van der Waals surface area contributed by atoms with Crippen molar-refractivity contribution in [3.8, 4) is 0 Å². The van der Waals surface area contributed by atoms with Gasteiger partial charge >= 0.3 is 0 Å². The molecule has 2 aromatic carbocycles. The normalized spacial score (nSPS) is 14.3. The summed E-state index contributed by atoms with van der Waals surface area (Å²) in [6.45, 7) is 15.9. The van der Waals surface area contributed by atoms with E-state index in [-0.39, 0.29) is 18.0 Å². The lowest BCUT2D eigenvalue weighted by atomic mass is 9.82. The largest absolute Gasteiger partial charge is 0.411 e. The fourth-order valence-electron chi connectivity index (χ4n) is 5.68. The fourth-order valence-corrected chi connectivity index (χ4v) is 5.81. The Kier molecular flexibility index (Phi) is 7.62. The van der Waals surface area contributed by atoms with Crippen LogP contribution in [0.25, 0.3) is 0 Å². The average Bonchev–Trinajstić information content (AvgIpc) is 2.88. The number of aromatic nitrogens is 2. The van der Waals surface area contributed by atoms with Gasteiger partial charge in [-0.2, -0.15) is 0 Å². The first-order valence-electron chi connectivity index (χ1n) is 13.0. The highest BCUT2D eigenvalue weighted by molar-refractivity contribution is 6.30. The zero-order valence-corrected chi connectivity index (χ0v) is 24.3. The SMILES string of the molecule is CCc1c(C)c(C)c(C)c(CNc2nc3c(c(=O)n2OC)CN(C(=O)c2ccc(Cl)cc2)CC3(C)C)c1C. The van der Waals surface area contributed by atoms with Crippen molar-refractivity contribution < 1.29 is 9.63 Å². The standard InChI is InChI=1S/C30H37ClN4O3/c1-9-23-18(3)17(2)19(4)24(20(23)5)14-32-29-33-26-25(28(37)35(29)38-8)15-34(16-30(26,6)7)27(36)21-10-12-22(31)13-11-21/h10-13H,9,14-16H2,1-8H3,(H,32,33). The van der Waals surface area contributed by atoms with E-state index in [1.54, 1.807) is 29.2 Å². The van der Waals surface area contributed by atoms with Gasteiger partial charge in [0.2, 0.25) is 5.95 Å². The molecule has 1 amide bonds.